The molecular weight excluding hydrogens is 399 g/mol. The quantitative estimate of drug-likeness (QED) is 0.688. The molecule has 0 bridgehead atoms. The third kappa shape index (κ3) is 4.37. The molecular formula is C23H21FN4O3. The highest BCUT2D eigenvalue weighted by Gasteiger charge is 2.32. The molecule has 1 atom stereocenters. The van der Waals surface area contributed by atoms with Crippen LogP contribution in [0.5, 0.6) is 0 Å². The van der Waals surface area contributed by atoms with Gasteiger partial charge in [-0.05, 0) is 49.2 Å². The number of aryl methyl sites for hydroxylation is 1. The number of nitrogens with zero attached hydrogens (tertiary/aromatic N) is 3. The molecule has 158 valence electrons. The minimum atomic E-state index is -0.459. The summed E-state index contributed by atoms with van der Waals surface area (Å²) in [5.41, 5.74) is 1.98. The molecule has 0 spiro atoms. The van der Waals surface area contributed by atoms with Crippen LogP contribution in [0.3, 0.4) is 0 Å². The lowest BCUT2D eigenvalue weighted by Gasteiger charge is -2.22. The fourth-order valence-electron chi connectivity index (χ4n) is 3.72. The molecule has 4 rings (SSSR count). The van der Waals surface area contributed by atoms with Crippen LogP contribution in [0.4, 0.5) is 15.8 Å². The molecule has 31 heavy (non-hydrogen) atoms. The van der Waals surface area contributed by atoms with Gasteiger partial charge >= 0.3 is 0 Å². The summed E-state index contributed by atoms with van der Waals surface area (Å²) >= 11 is 0. The van der Waals surface area contributed by atoms with E-state index in [1.165, 1.54) is 30.3 Å². The van der Waals surface area contributed by atoms with Gasteiger partial charge in [0, 0.05) is 29.9 Å². The van der Waals surface area contributed by atoms with Crippen LogP contribution in [0.15, 0.2) is 65.5 Å². The number of rotatable bonds is 5. The highest BCUT2D eigenvalue weighted by atomic mass is 19.1. The summed E-state index contributed by atoms with van der Waals surface area (Å²) in [5.74, 6) is -1.15. The first-order valence-electron chi connectivity index (χ1n) is 9.97. The van der Waals surface area contributed by atoms with Crippen LogP contribution in [-0.4, -0.2) is 27.6 Å². The van der Waals surface area contributed by atoms with E-state index < -0.39 is 17.3 Å². The molecule has 1 aliphatic heterocycles. The van der Waals surface area contributed by atoms with Gasteiger partial charge in [-0.2, -0.15) is 5.10 Å². The fraction of sp³-hybridized carbons (Fsp3) is 0.217. The van der Waals surface area contributed by atoms with E-state index in [0.717, 1.165) is 22.4 Å². The van der Waals surface area contributed by atoms with Crippen LogP contribution < -0.4 is 15.8 Å². The first-order valence-corrected chi connectivity index (χ1v) is 9.97. The average molecular weight is 420 g/mol. The van der Waals surface area contributed by atoms with Crippen molar-refractivity contribution >= 4 is 23.2 Å². The lowest BCUT2D eigenvalue weighted by molar-refractivity contribution is -0.116. The Labute approximate surface area is 178 Å². The van der Waals surface area contributed by atoms with Gasteiger partial charge in [0.25, 0.3) is 11.5 Å². The number of para-hydroxylation sites is 1. The van der Waals surface area contributed by atoms with Crippen LogP contribution in [0.25, 0.3) is 0 Å². The standard InChI is InChI=1S/C23H21FN4O3/c1-15-13-16-5-2-3-8-20(16)28(15)23(31)19-9-10-22(30)27(26-19)12-11-21(29)25-18-7-4-6-17(24)14-18/h2-10,14-15H,11-13H2,1H3,(H,25,29). The average Bonchev–Trinajstić information content (AvgIpc) is 3.08. The highest BCUT2D eigenvalue weighted by Crippen LogP contribution is 2.32. The Balaban J connectivity index is 1.48. The van der Waals surface area contributed by atoms with Gasteiger partial charge in [-0.15, -0.1) is 0 Å². The number of fused-ring (bicyclic) bond motifs is 1. The largest absolute Gasteiger partial charge is 0.326 e. The number of anilines is 2. The third-order valence-corrected chi connectivity index (χ3v) is 5.17. The van der Waals surface area contributed by atoms with E-state index in [0.29, 0.717) is 5.69 Å². The number of benzene rings is 2. The summed E-state index contributed by atoms with van der Waals surface area (Å²) in [6, 6.07) is 15.9. The Bertz CT molecular complexity index is 1210. The molecule has 1 unspecified atom stereocenters. The van der Waals surface area contributed by atoms with Crippen LogP contribution in [0, 0.1) is 5.82 Å². The maximum atomic E-state index is 13.2. The minimum Gasteiger partial charge on any atom is -0.326 e. The number of carbonyl (C=O) groups is 2. The molecule has 2 aromatic carbocycles. The third-order valence-electron chi connectivity index (χ3n) is 5.17. The molecule has 0 fully saturated rings. The van der Waals surface area contributed by atoms with Gasteiger partial charge in [0.15, 0.2) is 0 Å². The van der Waals surface area contributed by atoms with E-state index in [-0.39, 0.29) is 30.6 Å². The zero-order valence-electron chi connectivity index (χ0n) is 16.9. The first-order chi connectivity index (χ1) is 14.9. The van der Waals surface area contributed by atoms with E-state index in [9.17, 15) is 18.8 Å². The summed E-state index contributed by atoms with van der Waals surface area (Å²) in [6.07, 6.45) is 0.700. The van der Waals surface area contributed by atoms with Crippen molar-refractivity contribution in [3.8, 4) is 0 Å². The number of hydrogen-bond donors (Lipinski definition) is 1. The second-order valence-electron chi connectivity index (χ2n) is 7.45. The van der Waals surface area contributed by atoms with Crippen molar-refractivity contribution in [1.82, 2.24) is 9.78 Å². The van der Waals surface area contributed by atoms with E-state index in [1.54, 1.807) is 11.0 Å². The van der Waals surface area contributed by atoms with E-state index in [1.807, 2.05) is 31.2 Å². The van der Waals surface area contributed by atoms with Gasteiger partial charge in [0.05, 0.1) is 6.54 Å². The topological polar surface area (TPSA) is 84.3 Å². The predicted molar refractivity (Wildman–Crippen MR) is 115 cm³/mol. The van der Waals surface area contributed by atoms with E-state index >= 15 is 0 Å². The maximum Gasteiger partial charge on any atom is 0.278 e. The molecule has 1 aromatic heterocycles. The van der Waals surface area contributed by atoms with Crippen molar-refractivity contribution in [3.05, 3.63) is 88.1 Å². The Morgan fingerprint density at radius 2 is 1.94 bits per heavy atom. The lowest BCUT2D eigenvalue weighted by Crippen LogP contribution is -2.37. The van der Waals surface area contributed by atoms with Gasteiger partial charge in [-0.1, -0.05) is 24.3 Å². The number of nitrogens with one attached hydrogen (secondary N) is 1. The van der Waals surface area contributed by atoms with Gasteiger partial charge in [0.2, 0.25) is 5.91 Å². The normalized spacial score (nSPS) is 14.9. The summed E-state index contributed by atoms with van der Waals surface area (Å²) in [7, 11) is 0. The Kier molecular flexibility index (Phi) is 5.62. The minimum absolute atomic E-state index is 0.00670. The molecule has 2 amide bonds. The Morgan fingerprint density at radius 3 is 2.74 bits per heavy atom. The zero-order chi connectivity index (χ0) is 22.0. The molecule has 0 saturated heterocycles. The fourth-order valence-corrected chi connectivity index (χ4v) is 3.72. The number of carbonyl (C=O) groups excluding carboxylic acids is 2. The smallest absolute Gasteiger partial charge is 0.278 e. The number of hydrogen-bond acceptors (Lipinski definition) is 4. The number of halogens is 1. The van der Waals surface area contributed by atoms with Gasteiger partial charge in [-0.25, -0.2) is 9.07 Å². The van der Waals surface area contributed by atoms with Crippen LogP contribution in [0.1, 0.15) is 29.4 Å². The van der Waals surface area contributed by atoms with Crippen molar-refractivity contribution in [2.75, 3.05) is 10.2 Å². The summed E-state index contributed by atoms with van der Waals surface area (Å²) in [6.45, 7) is 1.96. The second-order valence-corrected chi connectivity index (χ2v) is 7.45. The highest BCUT2D eigenvalue weighted by molar-refractivity contribution is 6.06. The number of aromatic nitrogens is 2. The molecule has 7 nitrogen and oxygen atoms in total. The molecule has 1 N–H and O–H groups in total. The zero-order valence-corrected chi connectivity index (χ0v) is 16.9. The molecule has 0 saturated carbocycles. The predicted octanol–water partition coefficient (Wildman–Crippen LogP) is 3.00. The van der Waals surface area contributed by atoms with Crippen LogP contribution in [-0.2, 0) is 17.8 Å². The molecule has 8 heteroatoms. The molecule has 3 aromatic rings. The van der Waals surface area contributed by atoms with Crippen molar-refractivity contribution < 1.29 is 14.0 Å². The van der Waals surface area contributed by atoms with Crippen molar-refractivity contribution in [2.24, 2.45) is 0 Å². The summed E-state index contributed by atoms with van der Waals surface area (Å²) in [5, 5.41) is 6.76. The molecule has 0 radical (unpaired) electrons. The lowest BCUT2D eigenvalue weighted by atomic mass is 10.1. The molecule has 1 aliphatic rings. The second kappa shape index (κ2) is 8.51. The number of amides is 2. The monoisotopic (exact) mass is 420 g/mol. The van der Waals surface area contributed by atoms with Crippen molar-refractivity contribution in [1.29, 1.82) is 0 Å². The summed E-state index contributed by atoms with van der Waals surface area (Å²) in [4.78, 5) is 39.2. The van der Waals surface area contributed by atoms with Crippen molar-refractivity contribution in [3.63, 3.8) is 0 Å². The van der Waals surface area contributed by atoms with Gasteiger partial charge in [0.1, 0.15) is 11.5 Å². The van der Waals surface area contributed by atoms with Crippen LogP contribution >= 0.6 is 0 Å². The Morgan fingerprint density at radius 1 is 1.13 bits per heavy atom. The van der Waals surface area contributed by atoms with Crippen molar-refractivity contribution in [2.45, 2.75) is 32.4 Å². The maximum absolute atomic E-state index is 13.2. The van der Waals surface area contributed by atoms with E-state index in [2.05, 4.69) is 10.4 Å². The Hall–Kier alpha value is -3.81. The van der Waals surface area contributed by atoms with Gasteiger partial charge < -0.3 is 10.2 Å². The van der Waals surface area contributed by atoms with Gasteiger partial charge in [-0.3, -0.25) is 14.4 Å². The molecule has 2 heterocycles. The summed E-state index contributed by atoms with van der Waals surface area (Å²) < 4.78 is 14.3. The molecule has 0 aliphatic carbocycles. The van der Waals surface area contributed by atoms with E-state index in [4.69, 9.17) is 0 Å². The van der Waals surface area contributed by atoms with Crippen LogP contribution in [0.2, 0.25) is 0 Å². The first kappa shape index (κ1) is 20.5. The SMILES string of the molecule is CC1Cc2ccccc2N1C(=O)c1ccc(=O)n(CCC(=O)Nc2cccc(F)c2)n1.